The molecule has 0 aromatic carbocycles. The summed E-state index contributed by atoms with van der Waals surface area (Å²) in [7, 11) is 0. The van der Waals surface area contributed by atoms with Gasteiger partial charge in [-0.1, -0.05) is 0 Å². The third-order valence-corrected chi connectivity index (χ3v) is 4.00. The van der Waals surface area contributed by atoms with Crippen molar-refractivity contribution in [3.63, 3.8) is 0 Å². The Morgan fingerprint density at radius 3 is 3.06 bits per heavy atom. The number of aromatic nitrogens is 2. The van der Waals surface area contributed by atoms with Crippen molar-refractivity contribution in [2.24, 2.45) is 0 Å². The van der Waals surface area contributed by atoms with Crippen molar-refractivity contribution in [2.45, 2.75) is 11.7 Å². The van der Waals surface area contributed by atoms with E-state index in [1.807, 2.05) is 22.6 Å². The minimum Gasteiger partial charge on any atom is -0.393 e. The molecular formula is C8H9IN2O4S. The number of H-pyrrole nitrogens is 1. The number of ether oxygens (including phenoxy) is 1. The SMILES string of the molecule is O=c1[nH]c(=O)n([C@@H]2CS[C@H](CO)O2)cc1I. The average Bonchev–Trinajstić information content (AvgIpc) is 2.71. The first-order chi connectivity index (χ1) is 7.61. The molecule has 8 heteroatoms. The standard InChI is InChI=1S/C8H9IN2O4S/c9-4-1-11(8(14)10-7(4)13)5-3-16-6(2-12)15-5/h1,5-6,12H,2-3H2,(H,10,13,14)/t5-,6+/m0/s1. The molecule has 1 aromatic rings. The molecule has 88 valence electrons. The van der Waals surface area contributed by atoms with Gasteiger partial charge in [-0.05, 0) is 22.6 Å². The second-order valence-corrected chi connectivity index (χ2v) is 5.53. The number of nitrogens with one attached hydrogen (secondary N) is 1. The molecule has 2 N–H and O–H groups in total. The Morgan fingerprint density at radius 2 is 2.44 bits per heavy atom. The molecule has 0 bridgehead atoms. The highest BCUT2D eigenvalue weighted by molar-refractivity contribution is 14.1. The van der Waals surface area contributed by atoms with E-state index in [4.69, 9.17) is 9.84 Å². The number of hydrogen-bond acceptors (Lipinski definition) is 5. The quantitative estimate of drug-likeness (QED) is 0.713. The fraction of sp³-hybridized carbons (Fsp3) is 0.500. The van der Waals surface area contributed by atoms with E-state index in [0.29, 0.717) is 9.32 Å². The van der Waals surface area contributed by atoms with Crippen LogP contribution in [0.3, 0.4) is 0 Å². The number of rotatable bonds is 2. The summed E-state index contributed by atoms with van der Waals surface area (Å²) in [5.74, 6) is 0.577. The monoisotopic (exact) mass is 356 g/mol. The van der Waals surface area contributed by atoms with Gasteiger partial charge in [0.1, 0.15) is 11.7 Å². The summed E-state index contributed by atoms with van der Waals surface area (Å²) >= 11 is 3.29. The van der Waals surface area contributed by atoms with Crippen LogP contribution in [0.4, 0.5) is 0 Å². The Balaban J connectivity index is 2.32. The van der Waals surface area contributed by atoms with Crippen LogP contribution in [0.2, 0.25) is 0 Å². The van der Waals surface area contributed by atoms with Crippen LogP contribution in [0.25, 0.3) is 0 Å². The van der Waals surface area contributed by atoms with Crippen molar-refractivity contribution in [1.29, 1.82) is 0 Å². The third kappa shape index (κ3) is 2.34. The van der Waals surface area contributed by atoms with Gasteiger partial charge in [-0.15, -0.1) is 11.8 Å². The van der Waals surface area contributed by atoms with E-state index in [0.717, 1.165) is 0 Å². The van der Waals surface area contributed by atoms with Gasteiger partial charge in [-0.25, -0.2) is 4.79 Å². The molecule has 0 saturated carbocycles. The molecule has 1 aliphatic rings. The van der Waals surface area contributed by atoms with Crippen LogP contribution in [0.1, 0.15) is 6.23 Å². The molecule has 1 saturated heterocycles. The minimum atomic E-state index is -0.491. The second kappa shape index (κ2) is 4.90. The van der Waals surface area contributed by atoms with Crippen LogP contribution in [-0.2, 0) is 4.74 Å². The topological polar surface area (TPSA) is 84.3 Å². The molecule has 0 aliphatic carbocycles. The molecule has 6 nitrogen and oxygen atoms in total. The van der Waals surface area contributed by atoms with E-state index >= 15 is 0 Å². The first-order valence-corrected chi connectivity index (χ1v) is 6.63. The lowest BCUT2D eigenvalue weighted by Crippen LogP contribution is -2.34. The van der Waals surface area contributed by atoms with Crippen molar-refractivity contribution in [1.82, 2.24) is 9.55 Å². The maximum atomic E-state index is 11.5. The molecule has 2 atom stereocenters. The molecule has 1 aliphatic heterocycles. The Labute approximate surface area is 108 Å². The normalized spacial score (nSPS) is 24.9. The number of thioether (sulfide) groups is 1. The fourth-order valence-electron chi connectivity index (χ4n) is 1.36. The zero-order valence-corrected chi connectivity index (χ0v) is 11.0. The van der Waals surface area contributed by atoms with Gasteiger partial charge in [0.15, 0.2) is 0 Å². The molecule has 16 heavy (non-hydrogen) atoms. The lowest BCUT2D eigenvalue weighted by atomic mass is 10.5. The molecule has 0 radical (unpaired) electrons. The fourth-order valence-corrected chi connectivity index (χ4v) is 2.73. The third-order valence-electron chi connectivity index (χ3n) is 2.12. The summed E-state index contributed by atoms with van der Waals surface area (Å²) in [5.41, 5.74) is -1.19. The number of hydrogen-bond donors (Lipinski definition) is 2. The van der Waals surface area contributed by atoms with Crippen LogP contribution >= 0.6 is 34.4 Å². The van der Waals surface area contributed by atoms with Crippen LogP contribution in [0.5, 0.6) is 0 Å². The van der Waals surface area contributed by atoms with Gasteiger partial charge in [0, 0.05) is 11.9 Å². The lowest BCUT2D eigenvalue weighted by molar-refractivity contribution is -0.00652. The zero-order chi connectivity index (χ0) is 11.7. The first kappa shape index (κ1) is 12.1. The molecule has 0 unspecified atom stereocenters. The maximum absolute atomic E-state index is 11.5. The van der Waals surface area contributed by atoms with E-state index in [1.54, 1.807) is 0 Å². The molecular weight excluding hydrogens is 347 g/mol. The van der Waals surface area contributed by atoms with E-state index in [-0.39, 0.29) is 12.0 Å². The van der Waals surface area contributed by atoms with Crippen molar-refractivity contribution < 1.29 is 9.84 Å². The van der Waals surface area contributed by atoms with E-state index in [9.17, 15) is 9.59 Å². The van der Waals surface area contributed by atoms with Crippen LogP contribution in [0.15, 0.2) is 15.8 Å². The van der Waals surface area contributed by atoms with Gasteiger partial charge in [0.05, 0.1) is 10.2 Å². The predicted octanol–water partition coefficient (Wildman–Crippen LogP) is -0.278. The van der Waals surface area contributed by atoms with Crippen molar-refractivity contribution in [3.8, 4) is 0 Å². The molecule has 1 fully saturated rings. The number of nitrogens with zero attached hydrogens (tertiary/aromatic N) is 1. The van der Waals surface area contributed by atoms with E-state index in [2.05, 4.69) is 4.98 Å². The van der Waals surface area contributed by atoms with Crippen LogP contribution < -0.4 is 11.2 Å². The van der Waals surface area contributed by atoms with Gasteiger partial charge < -0.3 is 9.84 Å². The summed E-state index contributed by atoms with van der Waals surface area (Å²) in [4.78, 5) is 24.9. The average molecular weight is 356 g/mol. The van der Waals surface area contributed by atoms with Gasteiger partial charge in [0.25, 0.3) is 5.56 Å². The summed E-state index contributed by atoms with van der Waals surface area (Å²) < 4.78 is 7.19. The Bertz CT molecular complexity index is 500. The number of aliphatic hydroxyl groups excluding tert-OH is 1. The van der Waals surface area contributed by atoms with Crippen LogP contribution in [-0.4, -0.2) is 32.5 Å². The Hall–Kier alpha value is -0.320. The Kier molecular flexibility index (Phi) is 3.72. The Morgan fingerprint density at radius 1 is 1.69 bits per heavy atom. The summed E-state index contributed by atoms with van der Waals surface area (Å²) in [6.07, 6.45) is 1.03. The van der Waals surface area contributed by atoms with E-state index < -0.39 is 17.5 Å². The predicted molar refractivity (Wildman–Crippen MR) is 67.5 cm³/mol. The van der Waals surface area contributed by atoms with Gasteiger partial charge in [-0.2, -0.15) is 0 Å². The van der Waals surface area contributed by atoms with Gasteiger partial charge in [0.2, 0.25) is 0 Å². The highest BCUT2D eigenvalue weighted by atomic mass is 127. The molecule has 1 aromatic heterocycles. The van der Waals surface area contributed by atoms with E-state index in [1.165, 1.54) is 22.5 Å². The highest BCUT2D eigenvalue weighted by Crippen LogP contribution is 2.30. The smallest absolute Gasteiger partial charge is 0.330 e. The first-order valence-electron chi connectivity index (χ1n) is 4.50. The van der Waals surface area contributed by atoms with Crippen LogP contribution in [0, 0.1) is 3.57 Å². The number of aromatic amines is 1. The van der Waals surface area contributed by atoms with Crippen molar-refractivity contribution in [2.75, 3.05) is 12.4 Å². The lowest BCUT2D eigenvalue weighted by Gasteiger charge is -2.13. The highest BCUT2D eigenvalue weighted by Gasteiger charge is 2.27. The summed E-state index contributed by atoms with van der Waals surface area (Å²) in [6, 6.07) is 0. The largest absolute Gasteiger partial charge is 0.393 e. The second-order valence-electron chi connectivity index (χ2n) is 3.18. The molecule has 2 rings (SSSR count). The molecule has 2 heterocycles. The number of aliphatic hydroxyl groups is 1. The molecule has 0 amide bonds. The summed E-state index contributed by atoms with van der Waals surface area (Å²) in [5, 5.41) is 8.91. The number of halogens is 1. The summed E-state index contributed by atoms with van der Waals surface area (Å²) in [6.45, 7) is -0.0869. The maximum Gasteiger partial charge on any atom is 0.330 e. The minimum absolute atomic E-state index is 0.0869. The molecule has 0 spiro atoms. The van der Waals surface area contributed by atoms with Gasteiger partial charge >= 0.3 is 5.69 Å². The zero-order valence-electron chi connectivity index (χ0n) is 8.05. The van der Waals surface area contributed by atoms with Crippen molar-refractivity contribution >= 4 is 34.4 Å². The van der Waals surface area contributed by atoms with Crippen molar-refractivity contribution in [3.05, 3.63) is 30.6 Å². The van der Waals surface area contributed by atoms with Gasteiger partial charge in [-0.3, -0.25) is 14.3 Å².